The standard InChI is InChI=1S/C15H12BrNOS2/c16-8-10-1-3-11(4-2-10)9-17-15(18)14-7-13-12(20-14)5-6-19-13/h1-7H,8-9H2,(H,17,18). The van der Waals surface area contributed by atoms with Gasteiger partial charge in [0.25, 0.3) is 5.91 Å². The molecule has 1 N–H and O–H groups in total. The van der Waals surface area contributed by atoms with Crippen molar-refractivity contribution in [1.82, 2.24) is 5.32 Å². The number of nitrogens with one attached hydrogen (secondary N) is 1. The molecule has 0 saturated carbocycles. The van der Waals surface area contributed by atoms with Gasteiger partial charge in [0, 0.05) is 21.3 Å². The van der Waals surface area contributed by atoms with Crippen molar-refractivity contribution in [3.63, 3.8) is 0 Å². The lowest BCUT2D eigenvalue weighted by Gasteiger charge is -2.04. The Bertz CT molecular complexity index is 701. The van der Waals surface area contributed by atoms with Crippen LogP contribution in [0.4, 0.5) is 0 Å². The number of fused-ring (bicyclic) bond motifs is 1. The Labute approximate surface area is 133 Å². The van der Waals surface area contributed by atoms with Crippen molar-refractivity contribution in [2.45, 2.75) is 11.9 Å². The molecule has 1 aromatic carbocycles. The third kappa shape index (κ3) is 2.95. The van der Waals surface area contributed by atoms with Gasteiger partial charge in [0.05, 0.1) is 4.88 Å². The van der Waals surface area contributed by atoms with Crippen LogP contribution in [0.15, 0.2) is 41.8 Å². The largest absolute Gasteiger partial charge is 0.347 e. The maximum atomic E-state index is 12.1. The number of thiophene rings is 2. The Morgan fingerprint density at radius 2 is 1.85 bits per heavy atom. The summed E-state index contributed by atoms with van der Waals surface area (Å²) in [4.78, 5) is 12.9. The SMILES string of the molecule is O=C(NCc1ccc(CBr)cc1)c1cc2sccc2s1. The Morgan fingerprint density at radius 1 is 1.10 bits per heavy atom. The van der Waals surface area contributed by atoms with Crippen LogP contribution < -0.4 is 5.32 Å². The number of hydrogen-bond donors (Lipinski definition) is 1. The van der Waals surface area contributed by atoms with Crippen molar-refractivity contribution >= 4 is 53.9 Å². The van der Waals surface area contributed by atoms with Gasteiger partial charge in [-0.1, -0.05) is 40.2 Å². The second kappa shape index (κ2) is 6.08. The molecule has 3 rings (SSSR count). The number of alkyl halides is 1. The van der Waals surface area contributed by atoms with Gasteiger partial charge in [0.1, 0.15) is 0 Å². The molecular weight excluding hydrogens is 354 g/mol. The molecule has 2 nitrogen and oxygen atoms in total. The molecule has 0 unspecified atom stereocenters. The molecule has 0 atom stereocenters. The molecule has 1 amide bonds. The van der Waals surface area contributed by atoms with E-state index in [0.717, 1.165) is 15.8 Å². The summed E-state index contributed by atoms with van der Waals surface area (Å²) in [6.45, 7) is 0.562. The van der Waals surface area contributed by atoms with Crippen molar-refractivity contribution in [2.75, 3.05) is 0 Å². The first kappa shape index (κ1) is 13.8. The summed E-state index contributed by atoms with van der Waals surface area (Å²) < 4.78 is 2.36. The van der Waals surface area contributed by atoms with Gasteiger partial charge in [-0.05, 0) is 28.6 Å². The van der Waals surface area contributed by atoms with Gasteiger partial charge in [0.15, 0.2) is 0 Å². The topological polar surface area (TPSA) is 29.1 Å². The summed E-state index contributed by atoms with van der Waals surface area (Å²) in [6.07, 6.45) is 0. The second-order valence-corrected chi connectivity index (χ2v) is 6.98. The fourth-order valence-corrected chi connectivity index (χ4v) is 4.29. The molecular formula is C15H12BrNOS2. The highest BCUT2D eigenvalue weighted by molar-refractivity contribution is 9.08. The lowest BCUT2D eigenvalue weighted by molar-refractivity contribution is 0.0955. The minimum absolute atomic E-state index is 0.00275. The lowest BCUT2D eigenvalue weighted by Crippen LogP contribution is -2.21. The highest BCUT2D eigenvalue weighted by atomic mass is 79.9. The van der Waals surface area contributed by atoms with Crippen LogP contribution in [0.2, 0.25) is 0 Å². The van der Waals surface area contributed by atoms with Crippen LogP contribution in [0.1, 0.15) is 20.8 Å². The van der Waals surface area contributed by atoms with Crippen molar-refractivity contribution in [2.24, 2.45) is 0 Å². The summed E-state index contributed by atoms with van der Waals surface area (Å²) in [6, 6.07) is 12.2. The van der Waals surface area contributed by atoms with Crippen LogP contribution in [-0.4, -0.2) is 5.91 Å². The summed E-state index contributed by atoms with van der Waals surface area (Å²) in [5.41, 5.74) is 2.35. The fraction of sp³-hybridized carbons (Fsp3) is 0.133. The van der Waals surface area contributed by atoms with Crippen molar-refractivity contribution in [3.8, 4) is 0 Å². The van der Waals surface area contributed by atoms with E-state index in [1.807, 2.05) is 23.6 Å². The molecule has 5 heteroatoms. The lowest BCUT2D eigenvalue weighted by atomic mass is 10.1. The number of amides is 1. The molecule has 3 aromatic rings. The molecule has 0 aliphatic heterocycles. The van der Waals surface area contributed by atoms with Gasteiger partial charge in [-0.25, -0.2) is 0 Å². The highest BCUT2D eigenvalue weighted by Gasteiger charge is 2.10. The number of benzene rings is 1. The Kier molecular flexibility index (Phi) is 4.19. The Balaban J connectivity index is 1.65. The van der Waals surface area contributed by atoms with Crippen LogP contribution in [0, 0.1) is 0 Å². The third-order valence-corrected chi connectivity index (χ3v) is 5.73. The maximum absolute atomic E-state index is 12.1. The Hall–Kier alpha value is -1.17. The molecule has 0 bridgehead atoms. The van der Waals surface area contributed by atoms with E-state index in [9.17, 15) is 4.79 Å². The van der Waals surface area contributed by atoms with Crippen LogP contribution in [0.25, 0.3) is 9.40 Å². The first-order valence-electron chi connectivity index (χ1n) is 6.15. The molecule has 0 saturated heterocycles. The number of carbonyl (C=O) groups is 1. The van der Waals surface area contributed by atoms with Gasteiger partial charge in [-0.15, -0.1) is 22.7 Å². The first-order valence-corrected chi connectivity index (χ1v) is 8.97. The molecule has 20 heavy (non-hydrogen) atoms. The van der Waals surface area contributed by atoms with E-state index in [1.165, 1.54) is 15.0 Å². The monoisotopic (exact) mass is 365 g/mol. The van der Waals surface area contributed by atoms with Crippen molar-refractivity contribution in [3.05, 3.63) is 57.8 Å². The van der Waals surface area contributed by atoms with E-state index in [2.05, 4.69) is 39.4 Å². The van der Waals surface area contributed by atoms with Crippen LogP contribution in [0.5, 0.6) is 0 Å². The summed E-state index contributed by atoms with van der Waals surface area (Å²) in [7, 11) is 0. The maximum Gasteiger partial charge on any atom is 0.261 e. The zero-order chi connectivity index (χ0) is 13.9. The normalized spacial score (nSPS) is 10.8. The predicted octanol–water partition coefficient (Wildman–Crippen LogP) is 4.79. The zero-order valence-corrected chi connectivity index (χ0v) is 13.8. The molecule has 2 aromatic heterocycles. The molecule has 0 aliphatic rings. The van der Waals surface area contributed by atoms with Crippen LogP contribution >= 0.6 is 38.6 Å². The zero-order valence-electron chi connectivity index (χ0n) is 10.6. The minimum atomic E-state index is 0.00275. The highest BCUT2D eigenvalue weighted by Crippen LogP contribution is 2.29. The average molecular weight is 366 g/mol. The van der Waals surface area contributed by atoms with Crippen molar-refractivity contribution < 1.29 is 4.79 Å². The van der Waals surface area contributed by atoms with E-state index in [0.29, 0.717) is 6.54 Å². The van der Waals surface area contributed by atoms with E-state index >= 15 is 0 Å². The summed E-state index contributed by atoms with van der Waals surface area (Å²) in [5.74, 6) is 0.00275. The van der Waals surface area contributed by atoms with E-state index in [1.54, 1.807) is 22.7 Å². The molecule has 0 spiro atoms. The van der Waals surface area contributed by atoms with E-state index in [4.69, 9.17) is 0 Å². The Morgan fingerprint density at radius 3 is 2.55 bits per heavy atom. The van der Waals surface area contributed by atoms with Crippen LogP contribution in [-0.2, 0) is 11.9 Å². The van der Waals surface area contributed by atoms with E-state index < -0.39 is 0 Å². The second-order valence-electron chi connectivity index (χ2n) is 4.39. The number of carbonyl (C=O) groups excluding carboxylic acids is 1. The fourth-order valence-electron chi connectivity index (χ4n) is 1.89. The number of rotatable bonds is 4. The minimum Gasteiger partial charge on any atom is -0.347 e. The molecule has 0 radical (unpaired) electrons. The quantitative estimate of drug-likeness (QED) is 0.661. The van der Waals surface area contributed by atoms with E-state index in [-0.39, 0.29) is 5.91 Å². The van der Waals surface area contributed by atoms with Crippen LogP contribution in [0.3, 0.4) is 0 Å². The third-order valence-electron chi connectivity index (χ3n) is 2.99. The van der Waals surface area contributed by atoms with Gasteiger partial charge in [-0.3, -0.25) is 4.79 Å². The van der Waals surface area contributed by atoms with Gasteiger partial charge < -0.3 is 5.32 Å². The molecule has 0 fully saturated rings. The average Bonchev–Trinajstić information content (AvgIpc) is 3.06. The number of halogens is 1. The summed E-state index contributed by atoms with van der Waals surface area (Å²) >= 11 is 6.64. The predicted molar refractivity (Wildman–Crippen MR) is 89.9 cm³/mol. The smallest absolute Gasteiger partial charge is 0.261 e. The van der Waals surface area contributed by atoms with Gasteiger partial charge in [0.2, 0.25) is 0 Å². The molecule has 2 heterocycles. The van der Waals surface area contributed by atoms with Gasteiger partial charge >= 0.3 is 0 Å². The van der Waals surface area contributed by atoms with Gasteiger partial charge in [-0.2, -0.15) is 0 Å². The summed E-state index contributed by atoms with van der Waals surface area (Å²) in [5, 5.41) is 5.87. The first-order chi connectivity index (χ1) is 9.76. The number of hydrogen-bond acceptors (Lipinski definition) is 3. The van der Waals surface area contributed by atoms with Crippen molar-refractivity contribution in [1.29, 1.82) is 0 Å². The molecule has 102 valence electrons. The molecule has 0 aliphatic carbocycles.